The molecule has 0 bridgehead atoms. The van der Waals surface area contributed by atoms with Crippen molar-refractivity contribution < 1.29 is 0 Å². The fourth-order valence-electron chi connectivity index (χ4n) is 18.2. The van der Waals surface area contributed by atoms with Crippen LogP contribution in [0.1, 0.15) is 33.4 Å². The second kappa shape index (κ2) is 28.5. The molecule has 0 aliphatic carbocycles. The van der Waals surface area contributed by atoms with Crippen LogP contribution in [0.2, 0.25) is 0 Å². The quantitative estimate of drug-likeness (QED) is 0.159. The van der Waals surface area contributed by atoms with E-state index in [-0.39, 0.29) is 0 Å². The highest BCUT2D eigenvalue weighted by Gasteiger charge is 2.34. The number of benzene rings is 7. The third-order valence-corrected chi connectivity index (χ3v) is 47.3. The lowest BCUT2D eigenvalue weighted by Gasteiger charge is -2.10. The van der Waals surface area contributed by atoms with Crippen LogP contribution in [0.5, 0.6) is 0 Å². The number of hydrogen-bond acceptors (Lipinski definition) is 16. The van der Waals surface area contributed by atoms with Crippen molar-refractivity contribution >= 4 is 476 Å². The third-order valence-electron chi connectivity index (χ3n) is 23.7. The van der Waals surface area contributed by atoms with Crippen molar-refractivity contribution in [1.29, 1.82) is 0 Å². The summed E-state index contributed by atoms with van der Waals surface area (Å²) in [6, 6.07) is 72.5. The zero-order valence-electron chi connectivity index (χ0n) is 65.0. The Morgan fingerprint density at radius 1 is 0.161 bits per heavy atom. The van der Waals surface area contributed by atoms with Crippen LogP contribution in [-0.4, -0.2) is 27.4 Å². The molecule has 0 aliphatic rings. The summed E-state index contributed by atoms with van der Waals surface area (Å²) in [6.45, 7) is 12.9. The fraction of sp³-hybridized carbons (Fsp3) is 0.0625. The van der Waals surface area contributed by atoms with E-state index in [0.29, 0.717) is 0 Å². The maximum Gasteiger partial charge on any atom is 0.0838 e. The van der Waals surface area contributed by atoms with Crippen molar-refractivity contribution in [2.45, 2.75) is 41.5 Å². The molecule has 602 valence electrons. The molecule has 7 aromatic carbocycles. The minimum absolute atomic E-state index is 1.18. The Balaban J connectivity index is 0.0000000972. The molecular formula is C96H50Br6N6S16. The summed E-state index contributed by atoms with van der Waals surface area (Å²) in [5.74, 6) is 0. The molecular weight excluding hydrogens is 2230 g/mol. The van der Waals surface area contributed by atoms with Crippen molar-refractivity contribution in [2.75, 3.05) is 0 Å². The molecule has 29 rings (SSSR count). The van der Waals surface area contributed by atoms with Gasteiger partial charge in [-0.3, -0.25) is 0 Å². The predicted octanol–water partition coefficient (Wildman–Crippen LogP) is 40.3. The number of fused-ring (bicyclic) bond motifs is 36. The molecule has 0 radical (unpaired) electrons. The Kier molecular flexibility index (Phi) is 17.8. The molecule has 0 saturated heterocycles. The second-order valence-corrected chi connectivity index (χ2v) is 56.4. The molecule has 0 atom stereocenters. The number of aryl methyl sites for hydroxylation is 6. The van der Waals surface area contributed by atoms with Crippen LogP contribution < -0.4 is 0 Å². The molecule has 124 heavy (non-hydrogen) atoms. The highest BCUT2D eigenvalue weighted by Crippen LogP contribution is 2.62. The smallest absolute Gasteiger partial charge is 0.0838 e. The van der Waals surface area contributed by atoms with Gasteiger partial charge < -0.3 is 27.4 Å². The lowest BCUT2D eigenvalue weighted by molar-refractivity contribution is 1.18. The molecule has 0 spiro atoms. The van der Waals surface area contributed by atoms with Gasteiger partial charge in [0.15, 0.2) is 0 Å². The highest BCUT2D eigenvalue weighted by molar-refractivity contribution is 9.12. The molecule has 22 heterocycles. The minimum Gasteiger partial charge on any atom is -0.307 e. The third kappa shape index (κ3) is 11.3. The second-order valence-electron chi connectivity index (χ2n) is 31.5. The van der Waals surface area contributed by atoms with E-state index in [1.807, 2.05) is 181 Å². The molecule has 22 aromatic heterocycles. The topological polar surface area (TPSA) is 29.6 Å². The molecule has 28 heteroatoms. The monoisotopic (exact) mass is 2270 g/mol. The largest absolute Gasteiger partial charge is 0.307 e. The van der Waals surface area contributed by atoms with E-state index in [1.54, 1.807) is 0 Å². The van der Waals surface area contributed by atoms with Gasteiger partial charge in [0.05, 0.1) is 192 Å². The van der Waals surface area contributed by atoms with Gasteiger partial charge in [0.2, 0.25) is 0 Å². The number of nitrogens with zero attached hydrogens (tertiary/aromatic N) is 6. The van der Waals surface area contributed by atoms with E-state index in [1.165, 1.54) is 289 Å². The van der Waals surface area contributed by atoms with Crippen molar-refractivity contribution in [3.8, 4) is 34.1 Å². The Bertz CT molecular complexity index is 9090. The average Bonchev–Trinajstić information content (AvgIpc) is 1.51. The summed E-state index contributed by atoms with van der Waals surface area (Å²) in [6.07, 6.45) is 0. The first-order valence-electron chi connectivity index (χ1n) is 39.2. The van der Waals surface area contributed by atoms with Gasteiger partial charge in [0.1, 0.15) is 0 Å². The maximum atomic E-state index is 3.78. The Labute approximate surface area is 818 Å². The van der Waals surface area contributed by atoms with Crippen molar-refractivity contribution in [3.05, 3.63) is 250 Å². The number of rotatable bonds is 6. The van der Waals surface area contributed by atoms with Gasteiger partial charge in [-0.05, 0) is 258 Å². The zero-order chi connectivity index (χ0) is 82.9. The molecule has 6 nitrogen and oxygen atoms in total. The van der Waals surface area contributed by atoms with Gasteiger partial charge in [-0.15, -0.1) is 181 Å². The van der Waals surface area contributed by atoms with Gasteiger partial charge in [-0.1, -0.05) is 106 Å². The van der Waals surface area contributed by atoms with Gasteiger partial charge in [0.25, 0.3) is 0 Å². The first-order chi connectivity index (χ1) is 60.3. The van der Waals surface area contributed by atoms with Crippen LogP contribution in [0, 0.1) is 41.5 Å². The average molecular weight is 2280 g/mol. The molecule has 0 unspecified atom stereocenters. The molecule has 0 aliphatic heterocycles. The first kappa shape index (κ1) is 77.4. The Morgan fingerprint density at radius 3 is 0.637 bits per heavy atom. The Morgan fingerprint density at radius 2 is 0.347 bits per heavy atom. The normalized spacial score (nSPS) is 12.7. The van der Waals surface area contributed by atoms with E-state index in [4.69, 9.17) is 0 Å². The highest BCUT2D eigenvalue weighted by atomic mass is 79.9. The molecule has 0 fully saturated rings. The van der Waals surface area contributed by atoms with Gasteiger partial charge in [-0.2, -0.15) is 0 Å². The number of aromatic nitrogens is 6. The van der Waals surface area contributed by atoms with E-state index >= 15 is 0 Å². The molecule has 0 N–H and O–H groups in total. The van der Waals surface area contributed by atoms with Crippen LogP contribution in [0.4, 0.5) is 0 Å². The predicted molar refractivity (Wildman–Crippen MR) is 586 cm³/mol. The number of thiophene rings is 16. The van der Waals surface area contributed by atoms with Crippen LogP contribution in [0.3, 0.4) is 0 Å². The van der Waals surface area contributed by atoms with E-state index in [9.17, 15) is 0 Å². The van der Waals surface area contributed by atoms with Crippen LogP contribution in [-0.2, 0) is 0 Å². The molecule has 0 amide bonds. The SMILES string of the molecule is Cc1ccc(-n2c3c4sc(Br)cc4sc3c3sc4c(sc5c6sc7cc(Br)sc7c6n(-c6ccc(C)cc6)c54)c32)cc1.Cc1ccc(-n2c3cc(Br)sc3c3sc4c5sc6c(sc7c8sc(Br)cc8n(-c8ccc(C)cc8)c67)c5sc4c32)cc1.Cc1ccc(-n2c3cc4c5sc6cc(Br)sc6c5n(-c5ccc(C)cc5)c4cc3c3sc4cc(Br)sc4c32)cc1. The number of halogens is 6. The summed E-state index contributed by atoms with van der Waals surface area (Å²) < 4.78 is 58.3. The van der Waals surface area contributed by atoms with Crippen LogP contribution in [0.25, 0.3) is 233 Å². The van der Waals surface area contributed by atoms with Gasteiger partial charge >= 0.3 is 0 Å². The van der Waals surface area contributed by atoms with Gasteiger partial charge in [-0.25, -0.2) is 0 Å². The van der Waals surface area contributed by atoms with E-state index in [2.05, 4.69) is 359 Å². The summed E-state index contributed by atoms with van der Waals surface area (Å²) >= 11 is 53.2. The maximum absolute atomic E-state index is 3.78. The fourth-order valence-corrected chi connectivity index (χ4v) is 43.7. The molecule has 0 saturated carbocycles. The first-order valence-corrected chi connectivity index (χ1v) is 57.1. The Hall–Kier alpha value is -6.50. The summed E-state index contributed by atoms with van der Waals surface area (Å²) in [5, 5.41) is 2.63. The summed E-state index contributed by atoms with van der Waals surface area (Å²) in [5.41, 5.74) is 30.9. The molecule has 29 aromatic rings. The summed E-state index contributed by atoms with van der Waals surface area (Å²) in [4.78, 5) is 0. The standard InChI is InChI=1S/2C32H16Br2N2S6.C32H18Br2N2S4/c1-13-3-7-15(8-4-13)35-21-25-17(11-19(33)39-25)37-27(21)29-23(35)31-32(41-29)24-30(42-31)28-22(26-18(38-28)12-20(34)40-26)36(24)16-9-5-14(2)6-10-16;1-13-3-7-15(8-4-13)35-17-11-19(33)37-23(17)25-21(35)27-29(39-25)31-32(41-27)30-28(42-31)22-26(40-30)24-18(12-20(34)38-24)36(22)16-9-5-14(2)6-10-16;1-15-3-7-17(8-4-15)35-21-11-20-22(12-19(21)29-27(35)31-23(37-29)13-25(33)39-31)36(18-9-5-16(2)6-10-18)28-30(20)38-24-14-26(34)40-32(24)28/h2*3-12H,1-2H3;3-14H,1-2H3. The lowest BCUT2D eigenvalue weighted by atomic mass is 10.1. The minimum atomic E-state index is 1.18. The van der Waals surface area contributed by atoms with Crippen molar-refractivity contribution in [1.82, 2.24) is 27.4 Å². The number of hydrogen-bond donors (Lipinski definition) is 0. The lowest BCUT2D eigenvalue weighted by Crippen LogP contribution is -1.95. The van der Waals surface area contributed by atoms with E-state index in [0.717, 1.165) is 0 Å². The zero-order valence-corrected chi connectivity index (χ0v) is 87.5. The van der Waals surface area contributed by atoms with Crippen molar-refractivity contribution in [3.63, 3.8) is 0 Å². The van der Waals surface area contributed by atoms with Crippen molar-refractivity contribution in [2.24, 2.45) is 0 Å². The van der Waals surface area contributed by atoms with E-state index < -0.39 is 0 Å². The van der Waals surface area contributed by atoms with Crippen LogP contribution >= 0.6 is 277 Å². The summed E-state index contributed by atoms with van der Waals surface area (Å²) in [7, 11) is 0. The van der Waals surface area contributed by atoms with Crippen LogP contribution in [0.15, 0.2) is 217 Å². The van der Waals surface area contributed by atoms with Gasteiger partial charge in [0, 0.05) is 63.7 Å².